The summed E-state index contributed by atoms with van der Waals surface area (Å²) in [4.78, 5) is 39.7. The van der Waals surface area contributed by atoms with E-state index in [2.05, 4.69) is 54.5 Å². The quantitative estimate of drug-likeness (QED) is 0.331. The highest BCUT2D eigenvalue weighted by molar-refractivity contribution is 5.95. The van der Waals surface area contributed by atoms with Crippen LogP contribution in [0.5, 0.6) is 0 Å². The third-order valence-electron chi connectivity index (χ3n) is 13.8. The summed E-state index contributed by atoms with van der Waals surface area (Å²) >= 11 is 0. The zero-order valence-electron chi connectivity index (χ0n) is 26.7. The third-order valence-corrected chi connectivity index (χ3v) is 13.8. The maximum Gasteiger partial charge on any atom is 0.311 e. The van der Waals surface area contributed by atoms with Crippen LogP contribution in [0.15, 0.2) is 11.6 Å². The van der Waals surface area contributed by atoms with E-state index in [0.29, 0.717) is 18.3 Å². The lowest BCUT2D eigenvalue weighted by molar-refractivity contribution is -0.210. The molecule has 5 rings (SSSR count). The fourth-order valence-corrected chi connectivity index (χ4v) is 11.1. The van der Waals surface area contributed by atoms with Crippen molar-refractivity contribution in [1.29, 1.82) is 0 Å². The number of ketones is 1. The molecule has 40 heavy (non-hydrogen) atoms. The zero-order chi connectivity index (χ0) is 29.5. The molecule has 0 spiro atoms. The van der Waals surface area contributed by atoms with Crippen LogP contribution in [0.3, 0.4) is 0 Å². The molecule has 5 aliphatic rings. The summed E-state index contributed by atoms with van der Waals surface area (Å²) in [5, 5.41) is 0. The maximum atomic E-state index is 14.5. The summed E-state index contributed by atoms with van der Waals surface area (Å²) in [6.07, 6.45) is 11.5. The maximum absolute atomic E-state index is 14.5. The molecule has 0 saturated heterocycles. The lowest BCUT2D eigenvalue weighted by Crippen LogP contribution is -2.66. The van der Waals surface area contributed by atoms with Crippen LogP contribution in [0.25, 0.3) is 0 Å². The van der Waals surface area contributed by atoms with E-state index in [0.717, 1.165) is 64.2 Å². The van der Waals surface area contributed by atoms with Gasteiger partial charge in [0, 0.05) is 18.3 Å². The van der Waals surface area contributed by atoms with E-state index in [1.165, 1.54) is 12.5 Å². The predicted octanol–water partition coefficient (Wildman–Crippen LogP) is 7.85. The van der Waals surface area contributed by atoms with E-state index in [9.17, 15) is 14.4 Å². The van der Waals surface area contributed by atoms with Gasteiger partial charge < -0.3 is 9.47 Å². The van der Waals surface area contributed by atoms with Gasteiger partial charge in [0.05, 0.1) is 12.0 Å². The Kier molecular flexibility index (Phi) is 7.03. The smallest absolute Gasteiger partial charge is 0.311 e. The largest absolute Gasteiger partial charge is 0.465 e. The fraction of sp³-hybridized carbons (Fsp3) is 0.857. The van der Waals surface area contributed by atoms with Crippen LogP contribution in [0.2, 0.25) is 0 Å². The number of hydrogen-bond donors (Lipinski definition) is 0. The van der Waals surface area contributed by atoms with Gasteiger partial charge >= 0.3 is 11.9 Å². The van der Waals surface area contributed by atoms with E-state index in [-0.39, 0.29) is 57.0 Å². The predicted molar refractivity (Wildman–Crippen MR) is 156 cm³/mol. The van der Waals surface area contributed by atoms with E-state index in [1.54, 1.807) is 0 Å². The zero-order valence-corrected chi connectivity index (χ0v) is 26.7. The van der Waals surface area contributed by atoms with Crippen molar-refractivity contribution in [2.75, 3.05) is 6.61 Å². The van der Waals surface area contributed by atoms with E-state index < -0.39 is 5.41 Å². The molecule has 0 N–H and O–H groups in total. The first-order valence-electron chi connectivity index (χ1n) is 16.1. The fourth-order valence-electron chi connectivity index (χ4n) is 11.1. The highest BCUT2D eigenvalue weighted by Gasteiger charge is 2.70. The number of carbonyl (C=O) groups is 3. The first-order valence-corrected chi connectivity index (χ1v) is 16.1. The van der Waals surface area contributed by atoms with Crippen LogP contribution in [0, 0.1) is 50.2 Å². The molecule has 0 heterocycles. The number of rotatable bonds is 4. The standard InChI is InChI=1S/C35H54O5/c1-10-19-39-29(38)32(6)16-15-31(5)17-18-34(8)23(24(31)21-32)20-25(37)28-33(7)13-12-27(40-22(2)36)30(3,4)26(33)11-14-35(28,34)9/h20,24,26-28H,10-19,21H2,1-9H3/t24-,26+,27+,28-,31-,32-,33-,34-,35+/m1/s1. The van der Waals surface area contributed by atoms with E-state index in [1.807, 2.05) is 6.92 Å². The Morgan fingerprint density at radius 2 is 1.60 bits per heavy atom. The minimum absolute atomic E-state index is 0.0427. The Morgan fingerprint density at radius 3 is 2.25 bits per heavy atom. The Labute approximate surface area is 242 Å². The molecule has 0 aromatic carbocycles. The van der Waals surface area contributed by atoms with Gasteiger partial charge in [-0.25, -0.2) is 0 Å². The average molecular weight is 555 g/mol. The highest BCUT2D eigenvalue weighted by Crippen LogP contribution is 2.75. The van der Waals surface area contributed by atoms with Crippen LogP contribution in [0.1, 0.15) is 127 Å². The van der Waals surface area contributed by atoms with Crippen molar-refractivity contribution < 1.29 is 23.9 Å². The lowest BCUT2D eigenvalue weighted by atomic mass is 9.33. The molecule has 0 radical (unpaired) electrons. The van der Waals surface area contributed by atoms with Gasteiger partial charge in [-0.15, -0.1) is 0 Å². The third kappa shape index (κ3) is 4.02. The molecule has 0 unspecified atom stereocenters. The van der Waals surface area contributed by atoms with Gasteiger partial charge in [0.25, 0.3) is 0 Å². The number of fused-ring (bicyclic) bond motifs is 7. The molecule has 9 atom stereocenters. The van der Waals surface area contributed by atoms with Crippen molar-refractivity contribution in [1.82, 2.24) is 0 Å². The monoisotopic (exact) mass is 554 g/mol. The van der Waals surface area contributed by atoms with Crippen LogP contribution in [0.4, 0.5) is 0 Å². The Balaban J connectivity index is 1.54. The number of allylic oxidation sites excluding steroid dienone is 2. The summed E-state index contributed by atoms with van der Waals surface area (Å²) in [5.74, 6) is 0.532. The molecule has 5 heteroatoms. The summed E-state index contributed by atoms with van der Waals surface area (Å²) < 4.78 is 11.6. The van der Waals surface area contributed by atoms with Crippen molar-refractivity contribution in [3.8, 4) is 0 Å². The average Bonchev–Trinajstić information content (AvgIpc) is 2.86. The summed E-state index contributed by atoms with van der Waals surface area (Å²) in [5.41, 5.74) is 0.413. The molecule has 4 fully saturated rings. The van der Waals surface area contributed by atoms with E-state index in [4.69, 9.17) is 9.47 Å². The Hall–Kier alpha value is -1.65. The molecule has 5 nitrogen and oxygen atoms in total. The summed E-state index contributed by atoms with van der Waals surface area (Å²) in [6, 6.07) is 0. The minimum atomic E-state index is -0.498. The van der Waals surface area contributed by atoms with Crippen molar-refractivity contribution in [3.63, 3.8) is 0 Å². The Morgan fingerprint density at radius 1 is 0.925 bits per heavy atom. The van der Waals surface area contributed by atoms with Crippen LogP contribution in [-0.4, -0.2) is 30.4 Å². The van der Waals surface area contributed by atoms with Gasteiger partial charge in [-0.3, -0.25) is 14.4 Å². The van der Waals surface area contributed by atoms with Crippen LogP contribution < -0.4 is 0 Å². The van der Waals surface area contributed by atoms with Gasteiger partial charge in [-0.2, -0.15) is 0 Å². The van der Waals surface area contributed by atoms with Gasteiger partial charge in [-0.1, -0.05) is 54.0 Å². The summed E-state index contributed by atoms with van der Waals surface area (Å²) in [7, 11) is 0. The molecule has 0 aromatic heterocycles. The number of esters is 2. The van der Waals surface area contributed by atoms with Crippen molar-refractivity contribution in [2.24, 2.45) is 50.2 Å². The second kappa shape index (κ2) is 9.43. The molecule has 0 aliphatic heterocycles. The second-order valence-electron chi connectivity index (χ2n) is 16.3. The van der Waals surface area contributed by atoms with Gasteiger partial charge in [0.15, 0.2) is 5.78 Å². The molecule has 4 saturated carbocycles. The first-order chi connectivity index (χ1) is 18.5. The van der Waals surface area contributed by atoms with Crippen molar-refractivity contribution in [2.45, 2.75) is 133 Å². The normalized spacial score (nSPS) is 47.5. The molecule has 224 valence electrons. The summed E-state index contributed by atoms with van der Waals surface area (Å²) in [6.45, 7) is 20.3. The number of carbonyl (C=O) groups excluding carboxylic acids is 3. The second-order valence-corrected chi connectivity index (χ2v) is 16.3. The van der Waals surface area contributed by atoms with Crippen LogP contribution >= 0.6 is 0 Å². The lowest BCUT2D eigenvalue weighted by Gasteiger charge is -2.70. The van der Waals surface area contributed by atoms with E-state index >= 15 is 0 Å². The number of ether oxygens (including phenoxy) is 2. The number of hydrogen-bond acceptors (Lipinski definition) is 5. The molecule has 0 bridgehead atoms. The molecular weight excluding hydrogens is 500 g/mol. The van der Waals surface area contributed by atoms with Crippen molar-refractivity contribution in [3.05, 3.63) is 11.6 Å². The van der Waals surface area contributed by atoms with Gasteiger partial charge in [0.2, 0.25) is 0 Å². The first kappa shape index (κ1) is 29.8. The molecular formula is C35H54O5. The molecule has 0 aromatic rings. The topological polar surface area (TPSA) is 69.7 Å². The minimum Gasteiger partial charge on any atom is -0.465 e. The Bertz CT molecular complexity index is 1120. The SMILES string of the molecule is CCCOC(=O)[C@]1(C)CC[C@]2(C)CC[C@]3(C)C(=CC(=O)[C@@H]4[C@]5(C)CC[C@H](OC(C)=O)C(C)(C)[C@@H]5CC[C@@]43C)[C@H]2C1. The molecule has 5 aliphatic carbocycles. The van der Waals surface area contributed by atoms with Gasteiger partial charge in [0.1, 0.15) is 6.10 Å². The highest BCUT2D eigenvalue weighted by atomic mass is 16.5. The van der Waals surface area contributed by atoms with Gasteiger partial charge in [-0.05, 0) is 111 Å². The molecule has 0 amide bonds. The van der Waals surface area contributed by atoms with Crippen molar-refractivity contribution >= 4 is 17.7 Å². The van der Waals surface area contributed by atoms with Crippen LogP contribution in [-0.2, 0) is 23.9 Å².